The molecule has 0 aliphatic carbocycles. The van der Waals surface area contributed by atoms with Gasteiger partial charge in [-0.3, -0.25) is 4.79 Å². The minimum Gasteiger partial charge on any atom is -0.460 e. The summed E-state index contributed by atoms with van der Waals surface area (Å²) in [6, 6.07) is 2.41. The van der Waals surface area contributed by atoms with E-state index in [9.17, 15) is 26.4 Å². The Balaban J connectivity index is 1.94. The molecule has 12 heteroatoms. The van der Waals surface area contributed by atoms with Gasteiger partial charge >= 0.3 is 5.97 Å². The van der Waals surface area contributed by atoms with E-state index in [1.54, 1.807) is 6.92 Å². The largest absolute Gasteiger partial charge is 0.460 e. The number of esters is 1. The number of hydrogen-bond acceptors (Lipinski definition) is 8. The highest BCUT2D eigenvalue weighted by atomic mass is 32.2. The molecular weight excluding hydrogens is 436 g/mol. The van der Waals surface area contributed by atoms with Crippen molar-refractivity contribution in [2.45, 2.75) is 38.2 Å². The number of sulfonamides is 1. The molecule has 30 heavy (non-hydrogen) atoms. The second-order valence-corrected chi connectivity index (χ2v) is 11.0. The third-order valence-corrected chi connectivity index (χ3v) is 8.02. The summed E-state index contributed by atoms with van der Waals surface area (Å²) in [4.78, 5) is 25.3. The number of piperazine rings is 1. The van der Waals surface area contributed by atoms with Crippen molar-refractivity contribution in [1.29, 1.82) is 0 Å². The Hall–Kier alpha value is -1.92. The maximum absolute atomic E-state index is 12.7. The summed E-state index contributed by atoms with van der Waals surface area (Å²) in [6.07, 6.45) is 2.19. The minimum absolute atomic E-state index is 0.000600. The molecule has 2 rings (SSSR count). The first kappa shape index (κ1) is 24.4. The van der Waals surface area contributed by atoms with Crippen LogP contribution < -0.4 is 0 Å². The van der Waals surface area contributed by atoms with Crippen LogP contribution in [0.1, 0.15) is 43.7 Å². The molecule has 0 unspecified atom stereocenters. The van der Waals surface area contributed by atoms with Crippen molar-refractivity contribution in [3.8, 4) is 0 Å². The van der Waals surface area contributed by atoms with Gasteiger partial charge in [0.15, 0.2) is 9.84 Å². The standard InChI is InChI=1S/C18H28N2O8S2/c1-3-5-6-13-29(23,24)14-16(21)19-9-11-20(12-10-19)30(25,26)17-8-7-15(28-17)18(22)27-4-2/h7-8H,3-6,9-14H2,1-2H3. The van der Waals surface area contributed by atoms with Gasteiger partial charge in [-0.25, -0.2) is 21.6 Å². The second-order valence-electron chi connectivity index (χ2n) is 6.92. The highest BCUT2D eigenvalue weighted by molar-refractivity contribution is 7.92. The highest BCUT2D eigenvalue weighted by Gasteiger charge is 2.33. The van der Waals surface area contributed by atoms with Crippen molar-refractivity contribution in [1.82, 2.24) is 9.21 Å². The number of amides is 1. The number of rotatable bonds is 10. The van der Waals surface area contributed by atoms with Gasteiger partial charge in [0.25, 0.3) is 10.0 Å². The van der Waals surface area contributed by atoms with Crippen LogP contribution in [0.4, 0.5) is 0 Å². The lowest BCUT2D eigenvalue weighted by molar-refractivity contribution is -0.129. The third kappa shape index (κ3) is 6.29. The van der Waals surface area contributed by atoms with Crippen LogP contribution >= 0.6 is 0 Å². The Kier molecular flexibility index (Phi) is 8.44. The maximum Gasteiger partial charge on any atom is 0.374 e. The minimum atomic E-state index is -3.99. The van der Waals surface area contributed by atoms with E-state index in [0.29, 0.717) is 6.42 Å². The monoisotopic (exact) mass is 464 g/mol. The van der Waals surface area contributed by atoms with Crippen molar-refractivity contribution in [3.05, 3.63) is 17.9 Å². The van der Waals surface area contributed by atoms with Crippen LogP contribution in [0.3, 0.4) is 0 Å². The molecule has 1 aromatic heterocycles. The van der Waals surface area contributed by atoms with Gasteiger partial charge in [-0.2, -0.15) is 4.31 Å². The predicted molar refractivity (Wildman–Crippen MR) is 108 cm³/mol. The first-order chi connectivity index (χ1) is 14.1. The van der Waals surface area contributed by atoms with Gasteiger partial charge in [0.1, 0.15) is 5.75 Å². The predicted octanol–water partition coefficient (Wildman–Crippen LogP) is 0.894. The van der Waals surface area contributed by atoms with Crippen LogP contribution in [0.15, 0.2) is 21.6 Å². The molecule has 0 saturated carbocycles. The molecule has 1 aromatic rings. The molecule has 0 radical (unpaired) electrons. The number of nitrogens with zero attached hydrogens (tertiary/aromatic N) is 2. The lowest BCUT2D eigenvalue weighted by Crippen LogP contribution is -2.51. The van der Waals surface area contributed by atoms with Crippen LogP contribution in [0.25, 0.3) is 0 Å². The van der Waals surface area contributed by atoms with Gasteiger partial charge in [0, 0.05) is 26.2 Å². The number of carbonyl (C=O) groups is 2. The molecule has 1 aliphatic rings. The van der Waals surface area contributed by atoms with Crippen molar-refractivity contribution >= 4 is 31.7 Å². The first-order valence-electron chi connectivity index (χ1n) is 9.86. The maximum atomic E-state index is 12.7. The molecule has 0 aromatic carbocycles. The molecule has 1 amide bonds. The van der Waals surface area contributed by atoms with Crippen LogP contribution in [-0.4, -0.2) is 82.2 Å². The van der Waals surface area contributed by atoms with E-state index in [2.05, 4.69) is 0 Å². The fourth-order valence-corrected chi connectivity index (χ4v) is 5.68. The van der Waals surface area contributed by atoms with Crippen molar-refractivity contribution in [2.24, 2.45) is 0 Å². The Morgan fingerprint density at radius 3 is 2.30 bits per heavy atom. The van der Waals surface area contributed by atoms with Crippen molar-refractivity contribution in [3.63, 3.8) is 0 Å². The van der Waals surface area contributed by atoms with E-state index in [-0.39, 0.29) is 49.4 Å². The van der Waals surface area contributed by atoms with E-state index < -0.39 is 37.5 Å². The van der Waals surface area contributed by atoms with Gasteiger partial charge in [-0.05, 0) is 25.5 Å². The Morgan fingerprint density at radius 1 is 1.03 bits per heavy atom. The van der Waals surface area contributed by atoms with Gasteiger partial charge in [0.2, 0.25) is 16.8 Å². The topological polar surface area (TPSA) is 131 Å². The number of sulfone groups is 1. The number of unbranched alkanes of at least 4 members (excludes halogenated alkanes) is 2. The Bertz CT molecular complexity index is 945. The molecule has 0 N–H and O–H groups in total. The van der Waals surface area contributed by atoms with E-state index in [1.165, 1.54) is 17.0 Å². The smallest absolute Gasteiger partial charge is 0.374 e. The van der Waals surface area contributed by atoms with Crippen LogP contribution in [-0.2, 0) is 29.4 Å². The van der Waals surface area contributed by atoms with E-state index in [1.807, 2.05) is 6.92 Å². The third-order valence-electron chi connectivity index (χ3n) is 4.65. The second kappa shape index (κ2) is 10.4. The molecule has 1 aliphatic heterocycles. The summed E-state index contributed by atoms with van der Waals surface area (Å²) in [5.74, 6) is -2.08. The number of furan rings is 1. The Labute approximate surface area is 177 Å². The molecule has 10 nitrogen and oxygen atoms in total. The SMILES string of the molecule is CCCCCS(=O)(=O)CC(=O)N1CCN(S(=O)(=O)c2ccc(C(=O)OCC)o2)CC1. The average molecular weight is 465 g/mol. The fourth-order valence-electron chi connectivity index (χ4n) is 3.00. The summed E-state index contributed by atoms with van der Waals surface area (Å²) in [5.41, 5.74) is 0. The molecule has 170 valence electrons. The van der Waals surface area contributed by atoms with Gasteiger partial charge in [-0.15, -0.1) is 0 Å². The normalized spacial score (nSPS) is 15.9. The van der Waals surface area contributed by atoms with Gasteiger partial charge in [0.05, 0.1) is 12.4 Å². The average Bonchev–Trinajstić information content (AvgIpc) is 3.19. The zero-order chi connectivity index (χ0) is 22.4. The van der Waals surface area contributed by atoms with Crippen LogP contribution in [0.5, 0.6) is 0 Å². The molecule has 0 bridgehead atoms. The molecule has 1 fully saturated rings. The zero-order valence-electron chi connectivity index (χ0n) is 17.2. The van der Waals surface area contributed by atoms with Crippen molar-refractivity contribution in [2.75, 3.05) is 44.3 Å². The molecular formula is C18H28N2O8S2. The van der Waals surface area contributed by atoms with Gasteiger partial charge in [-0.1, -0.05) is 19.8 Å². The quantitative estimate of drug-likeness (QED) is 0.368. The fraction of sp³-hybridized carbons (Fsp3) is 0.667. The number of ether oxygens (including phenoxy) is 1. The summed E-state index contributed by atoms with van der Waals surface area (Å²) in [5, 5.41) is -0.385. The zero-order valence-corrected chi connectivity index (χ0v) is 18.8. The van der Waals surface area contributed by atoms with Crippen molar-refractivity contribution < 1.29 is 35.6 Å². The van der Waals surface area contributed by atoms with E-state index >= 15 is 0 Å². The molecule has 0 atom stereocenters. The Morgan fingerprint density at radius 2 is 1.70 bits per heavy atom. The summed E-state index contributed by atoms with van der Waals surface area (Å²) in [6.45, 7) is 3.87. The number of hydrogen-bond donors (Lipinski definition) is 0. The highest BCUT2D eigenvalue weighted by Crippen LogP contribution is 2.21. The summed E-state index contributed by atoms with van der Waals surface area (Å²) >= 11 is 0. The molecule has 2 heterocycles. The van der Waals surface area contributed by atoms with Crippen LogP contribution in [0.2, 0.25) is 0 Å². The first-order valence-corrected chi connectivity index (χ1v) is 13.1. The van der Waals surface area contributed by atoms with E-state index in [0.717, 1.165) is 17.1 Å². The molecule has 1 saturated heterocycles. The number of carbonyl (C=O) groups excluding carboxylic acids is 2. The van der Waals surface area contributed by atoms with Crippen LogP contribution in [0, 0.1) is 0 Å². The summed E-state index contributed by atoms with van der Waals surface area (Å²) in [7, 11) is -7.47. The lowest BCUT2D eigenvalue weighted by atomic mass is 10.3. The summed E-state index contributed by atoms with van der Waals surface area (Å²) < 4.78 is 60.6. The van der Waals surface area contributed by atoms with E-state index in [4.69, 9.17) is 9.15 Å². The van der Waals surface area contributed by atoms with Gasteiger partial charge < -0.3 is 14.1 Å². The lowest BCUT2D eigenvalue weighted by Gasteiger charge is -2.33. The molecule has 0 spiro atoms.